The first kappa shape index (κ1) is 15.9. The van der Waals surface area contributed by atoms with Gasteiger partial charge in [0.05, 0.1) is 12.2 Å². The Labute approximate surface area is 150 Å². The molecule has 1 heterocycles. The van der Waals surface area contributed by atoms with E-state index in [2.05, 4.69) is 10.2 Å². The second kappa shape index (κ2) is 5.85. The van der Waals surface area contributed by atoms with Crippen molar-refractivity contribution in [3.8, 4) is 0 Å². The molecule has 4 saturated carbocycles. The van der Waals surface area contributed by atoms with Crippen molar-refractivity contribution in [3.63, 3.8) is 0 Å². The number of aromatic nitrogens is 2. The molecule has 0 aromatic carbocycles. The lowest BCUT2D eigenvalue weighted by Crippen LogP contribution is -2.48. The van der Waals surface area contributed by atoms with Gasteiger partial charge in [-0.25, -0.2) is 0 Å². The molecule has 5 aliphatic carbocycles. The van der Waals surface area contributed by atoms with Gasteiger partial charge in [-0.1, -0.05) is 0 Å². The first-order valence-electron chi connectivity index (χ1n) is 10.4. The summed E-state index contributed by atoms with van der Waals surface area (Å²) in [4.78, 5) is 15.0. The topological polar surface area (TPSA) is 49.0 Å². The maximum atomic E-state index is 13.0. The third-order valence-corrected chi connectivity index (χ3v) is 7.65. The van der Waals surface area contributed by atoms with E-state index in [0.717, 1.165) is 42.7 Å². The van der Waals surface area contributed by atoms with Crippen molar-refractivity contribution in [2.75, 3.05) is 7.05 Å². The van der Waals surface area contributed by atoms with Crippen molar-refractivity contribution < 1.29 is 4.79 Å². The lowest BCUT2D eigenvalue weighted by Gasteiger charge is -2.56. The molecule has 0 aliphatic heterocycles. The first-order valence-corrected chi connectivity index (χ1v) is 10.4. The van der Waals surface area contributed by atoms with E-state index in [1.165, 1.54) is 62.6 Å². The van der Waals surface area contributed by atoms with E-state index < -0.39 is 0 Å². The number of nitrogens with one attached hydrogen (secondary N) is 1. The molecule has 4 nitrogen and oxygen atoms in total. The van der Waals surface area contributed by atoms with Crippen molar-refractivity contribution in [3.05, 3.63) is 17.0 Å². The summed E-state index contributed by atoms with van der Waals surface area (Å²) >= 11 is 0. The molecule has 0 spiro atoms. The first-order chi connectivity index (χ1) is 12.1. The van der Waals surface area contributed by atoms with Crippen molar-refractivity contribution in [1.82, 2.24) is 15.1 Å². The molecule has 4 bridgehead atoms. The Morgan fingerprint density at radius 2 is 1.76 bits per heavy atom. The predicted octanol–water partition coefficient (Wildman–Crippen LogP) is 3.85. The van der Waals surface area contributed by atoms with Crippen LogP contribution in [0.5, 0.6) is 0 Å². The number of H-pyrrole nitrogens is 1. The van der Waals surface area contributed by atoms with Crippen molar-refractivity contribution >= 4 is 5.91 Å². The zero-order chi connectivity index (χ0) is 17.0. The van der Waals surface area contributed by atoms with Gasteiger partial charge in [-0.05, 0) is 92.9 Å². The van der Waals surface area contributed by atoms with E-state index in [4.69, 9.17) is 0 Å². The third kappa shape index (κ3) is 2.82. The van der Waals surface area contributed by atoms with Crippen LogP contribution in [-0.4, -0.2) is 28.1 Å². The number of carbonyl (C=O) groups is 1. The van der Waals surface area contributed by atoms with Gasteiger partial charge in [0.25, 0.3) is 0 Å². The number of rotatable bonds is 4. The molecule has 0 unspecified atom stereocenters. The number of fused-ring (bicyclic) bond motifs is 1. The van der Waals surface area contributed by atoms with Crippen LogP contribution in [0.4, 0.5) is 0 Å². The molecule has 0 radical (unpaired) electrons. The number of hydrogen-bond acceptors (Lipinski definition) is 2. The SMILES string of the molecule is CN(Cc1n[nH]c2c1CCCC2)C(=O)CC12CC3CC(CC(C3)C1)C2. The quantitative estimate of drug-likeness (QED) is 0.904. The van der Waals surface area contributed by atoms with Crippen molar-refractivity contribution in [2.24, 2.45) is 23.2 Å². The molecule has 4 heteroatoms. The van der Waals surface area contributed by atoms with Gasteiger partial charge in [0.1, 0.15) is 0 Å². The highest BCUT2D eigenvalue weighted by molar-refractivity contribution is 5.76. The lowest BCUT2D eigenvalue weighted by molar-refractivity contribution is -0.138. The number of aromatic amines is 1. The molecule has 1 aromatic heterocycles. The smallest absolute Gasteiger partial charge is 0.223 e. The van der Waals surface area contributed by atoms with Crippen LogP contribution in [0.1, 0.15) is 74.7 Å². The fourth-order valence-electron chi connectivity index (χ4n) is 6.96. The van der Waals surface area contributed by atoms with Crippen LogP contribution < -0.4 is 0 Å². The zero-order valence-corrected chi connectivity index (χ0v) is 15.5. The van der Waals surface area contributed by atoms with Gasteiger partial charge in [0, 0.05) is 19.2 Å². The second-order valence-electron chi connectivity index (χ2n) is 9.68. The molecule has 1 amide bonds. The van der Waals surface area contributed by atoms with E-state index in [9.17, 15) is 4.79 Å². The number of nitrogens with zero attached hydrogens (tertiary/aromatic N) is 2. The van der Waals surface area contributed by atoms with Gasteiger partial charge >= 0.3 is 0 Å². The average molecular weight is 341 g/mol. The maximum absolute atomic E-state index is 13.0. The van der Waals surface area contributed by atoms with Crippen LogP contribution in [0.25, 0.3) is 0 Å². The van der Waals surface area contributed by atoms with Gasteiger partial charge in [0.15, 0.2) is 0 Å². The minimum atomic E-state index is 0.338. The predicted molar refractivity (Wildman–Crippen MR) is 96.9 cm³/mol. The Bertz CT molecular complexity index is 641. The Morgan fingerprint density at radius 1 is 1.12 bits per heavy atom. The highest BCUT2D eigenvalue weighted by Crippen LogP contribution is 2.61. The minimum absolute atomic E-state index is 0.338. The standard InChI is InChI=1S/C21H31N3O/c1-24(13-19-17-4-2-3-5-18(17)22-23-19)20(25)12-21-9-14-6-15(10-21)8-16(7-14)11-21/h14-16H,2-13H2,1H3,(H,22,23). The molecular formula is C21H31N3O. The molecule has 4 fully saturated rings. The van der Waals surface area contributed by atoms with Crippen LogP contribution in [-0.2, 0) is 24.2 Å². The largest absolute Gasteiger partial charge is 0.340 e. The summed E-state index contributed by atoms with van der Waals surface area (Å²) in [6, 6.07) is 0. The molecule has 0 saturated heterocycles. The minimum Gasteiger partial charge on any atom is -0.340 e. The zero-order valence-electron chi connectivity index (χ0n) is 15.5. The van der Waals surface area contributed by atoms with E-state index in [1.807, 2.05) is 11.9 Å². The molecular weight excluding hydrogens is 310 g/mol. The third-order valence-electron chi connectivity index (χ3n) is 7.65. The number of amides is 1. The summed E-state index contributed by atoms with van der Waals surface area (Å²) in [5.74, 6) is 3.10. The molecule has 0 atom stereocenters. The van der Waals surface area contributed by atoms with E-state index in [-0.39, 0.29) is 0 Å². The molecule has 6 rings (SSSR count). The van der Waals surface area contributed by atoms with Crippen LogP contribution in [0.3, 0.4) is 0 Å². The van der Waals surface area contributed by atoms with Crippen LogP contribution in [0.15, 0.2) is 0 Å². The van der Waals surface area contributed by atoms with E-state index >= 15 is 0 Å². The van der Waals surface area contributed by atoms with Gasteiger partial charge < -0.3 is 4.90 Å². The second-order valence-corrected chi connectivity index (χ2v) is 9.68. The highest BCUT2D eigenvalue weighted by Gasteiger charge is 2.51. The Hall–Kier alpha value is -1.32. The summed E-state index contributed by atoms with van der Waals surface area (Å²) in [7, 11) is 1.98. The Morgan fingerprint density at radius 3 is 2.44 bits per heavy atom. The van der Waals surface area contributed by atoms with Crippen molar-refractivity contribution in [1.29, 1.82) is 0 Å². The summed E-state index contributed by atoms with van der Waals surface area (Å²) in [6.07, 6.45) is 13.8. The number of carbonyl (C=O) groups excluding carboxylic acids is 1. The molecule has 5 aliphatic rings. The monoisotopic (exact) mass is 341 g/mol. The maximum Gasteiger partial charge on any atom is 0.223 e. The summed E-state index contributed by atoms with van der Waals surface area (Å²) in [5, 5.41) is 7.74. The number of hydrogen-bond donors (Lipinski definition) is 1. The van der Waals surface area contributed by atoms with E-state index in [1.54, 1.807) is 0 Å². The van der Waals surface area contributed by atoms with Gasteiger partial charge in [0.2, 0.25) is 5.91 Å². The number of aryl methyl sites for hydroxylation is 1. The van der Waals surface area contributed by atoms with Crippen LogP contribution >= 0.6 is 0 Å². The highest BCUT2D eigenvalue weighted by atomic mass is 16.2. The van der Waals surface area contributed by atoms with Crippen LogP contribution in [0, 0.1) is 23.2 Å². The average Bonchev–Trinajstić information content (AvgIpc) is 2.96. The van der Waals surface area contributed by atoms with Crippen LogP contribution in [0.2, 0.25) is 0 Å². The fraction of sp³-hybridized carbons (Fsp3) is 0.810. The van der Waals surface area contributed by atoms with Gasteiger partial charge in [-0.2, -0.15) is 5.10 Å². The van der Waals surface area contributed by atoms with Crippen molar-refractivity contribution in [2.45, 2.75) is 77.2 Å². The van der Waals surface area contributed by atoms with Gasteiger partial charge in [-0.3, -0.25) is 9.89 Å². The van der Waals surface area contributed by atoms with E-state index in [0.29, 0.717) is 17.9 Å². The molecule has 136 valence electrons. The summed E-state index contributed by atoms with van der Waals surface area (Å²) in [6.45, 7) is 0.678. The fourth-order valence-corrected chi connectivity index (χ4v) is 6.96. The molecule has 25 heavy (non-hydrogen) atoms. The lowest BCUT2D eigenvalue weighted by atomic mass is 9.49. The molecule has 1 N–H and O–H groups in total. The summed E-state index contributed by atoms with van der Waals surface area (Å²) in [5.41, 5.74) is 4.14. The van der Waals surface area contributed by atoms with Gasteiger partial charge in [-0.15, -0.1) is 0 Å². The Kier molecular flexibility index (Phi) is 3.72. The molecule has 1 aromatic rings. The normalized spacial score (nSPS) is 35.6. The summed E-state index contributed by atoms with van der Waals surface area (Å²) < 4.78 is 0. The Balaban J connectivity index is 1.26.